The zero-order chi connectivity index (χ0) is 62.2. The van der Waals surface area contributed by atoms with Crippen LogP contribution in [-0.2, 0) is 33.0 Å². The minimum absolute atomic E-state index is 0.472. The number of hydrogen-bond acceptors (Lipinski definition) is 4. The molecule has 0 unspecified atom stereocenters. The van der Waals surface area contributed by atoms with Crippen molar-refractivity contribution in [1.82, 2.24) is 0 Å². The van der Waals surface area contributed by atoms with Crippen molar-refractivity contribution in [2.75, 3.05) is 51.1 Å². The Hall–Kier alpha value is -5.38. The van der Waals surface area contributed by atoms with Crippen LogP contribution in [0.1, 0.15) is 0 Å². The summed E-state index contributed by atoms with van der Waals surface area (Å²) in [7, 11) is 17.6. The monoisotopic (exact) mass is 1700 g/mol. The first-order chi connectivity index (χ1) is 44.5. The normalized spacial score (nSPS) is 10.9. The Morgan fingerprint density at radius 3 is 0.522 bits per heavy atom. The van der Waals surface area contributed by atoms with E-state index in [1.165, 1.54) is 53.2 Å². The first-order valence-electron chi connectivity index (χ1n) is 29.2. The van der Waals surface area contributed by atoms with E-state index in [-0.39, 0.29) is 0 Å². The molecule has 0 aliphatic rings. The van der Waals surface area contributed by atoms with Gasteiger partial charge in [-0.05, 0) is 144 Å². The Kier molecular flexibility index (Phi) is 30.1. The fourth-order valence-corrected chi connectivity index (χ4v) is 18.9. The molecular weight excluding hydrogens is 1630 g/mol. The number of fused-ring (bicyclic) bond motifs is 2. The van der Waals surface area contributed by atoms with Gasteiger partial charge in [0, 0.05) is 24.6 Å². The summed E-state index contributed by atoms with van der Waals surface area (Å²) >= 11 is -0.944. The average molecular weight is 1700 g/mol. The number of hydrogen-bond donors (Lipinski definition) is 0. The number of rotatable bonds is 24. The third-order valence-electron chi connectivity index (χ3n) is 14.4. The SMILES string of the molecule is [Cl][Pt][Cl].[Cl][Pt][Cl].c1ccc(P(CCOc2ccc3ccc(OCCP(c4ccccc4)c4ccccc4)cc3c2)c2ccccc2)cc1.c1ccc(P(CCOc2ccc3ccc(OCCP(c4ccccc4)c4ccccc4)cc3c2)c2ccccc2)cc1. The van der Waals surface area contributed by atoms with Crippen LogP contribution in [0.3, 0.4) is 0 Å². The zero-order valence-electron chi connectivity index (χ0n) is 49.2. The molecule has 464 valence electrons. The number of ether oxygens (including phenoxy) is 4. The molecule has 12 rings (SSSR count). The molecule has 12 aromatic carbocycles. The second-order valence-corrected chi connectivity index (χ2v) is 36.0. The van der Waals surface area contributed by atoms with Gasteiger partial charge in [0.2, 0.25) is 0 Å². The van der Waals surface area contributed by atoms with Crippen molar-refractivity contribution >= 4 is 133 Å². The summed E-state index contributed by atoms with van der Waals surface area (Å²) in [5.41, 5.74) is 0. The van der Waals surface area contributed by atoms with E-state index < -0.39 is 64.6 Å². The van der Waals surface area contributed by atoms with Crippen LogP contribution in [-0.4, -0.2) is 51.1 Å². The molecule has 0 amide bonds. The summed E-state index contributed by atoms with van der Waals surface area (Å²) in [5.74, 6) is 3.58. The maximum absolute atomic E-state index is 6.32. The van der Waals surface area contributed by atoms with Gasteiger partial charge in [-0.1, -0.05) is 267 Å². The van der Waals surface area contributed by atoms with Crippen LogP contribution in [0.4, 0.5) is 0 Å². The van der Waals surface area contributed by atoms with Gasteiger partial charge in [0.25, 0.3) is 0 Å². The summed E-state index contributed by atoms with van der Waals surface area (Å²) in [6.45, 7) is 2.67. The summed E-state index contributed by atoms with van der Waals surface area (Å²) < 4.78 is 25.3. The zero-order valence-corrected chi connectivity index (χ0v) is 60.4. The molecule has 12 aromatic rings. The third-order valence-corrected chi connectivity index (χ3v) is 24.3. The Morgan fingerprint density at radius 2 is 0.367 bits per heavy atom. The van der Waals surface area contributed by atoms with Crippen molar-refractivity contribution in [1.29, 1.82) is 0 Å². The largest absolute Gasteiger partial charge is 0.493 e. The van der Waals surface area contributed by atoms with Crippen LogP contribution in [0.15, 0.2) is 315 Å². The van der Waals surface area contributed by atoms with Crippen LogP contribution in [0.5, 0.6) is 23.0 Å². The predicted molar refractivity (Wildman–Crippen MR) is 389 cm³/mol. The molecule has 0 spiro atoms. The Labute approximate surface area is 569 Å². The molecule has 0 bridgehead atoms. The smallest absolute Gasteiger partial charge is 0.119 e. The Morgan fingerprint density at radius 1 is 0.211 bits per heavy atom. The van der Waals surface area contributed by atoms with Crippen LogP contribution < -0.4 is 61.4 Å². The van der Waals surface area contributed by atoms with Gasteiger partial charge < -0.3 is 18.9 Å². The Balaban J connectivity index is 0.000000196. The van der Waals surface area contributed by atoms with Gasteiger partial charge in [0.15, 0.2) is 0 Å². The summed E-state index contributed by atoms with van der Waals surface area (Å²) in [6.07, 6.45) is 3.87. The minimum atomic E-state index is -0.477. The second kappa shape index (κ2) is 39.2. The molecule has 0 saturated heterocycles. The topological polar surface area (TPSA) is 36.9 Å². The van der Waals surface area contributed by atoms with Gasteiger partial charge in [0.05, 0.1) is 26.4 Å². The molecule has 0 radical (unpaired) electrons. The molecule has 14 heteroatoms. The fraction of sp³-hybridized carbons (Fsp3) is 0.105. The maximum atomic E-state index is 6.32. The van der Waals surface area contributed by atoms with E-state index in [1.54, 1.807) is 0 Å². The molecule has 0 saturated carbocycles. The molecule has 0 aliphatic heterocycles. The van der Waals surface area contributed by atoms with Gasteiger partial charge in [-0.3, -0.25) is 0 Å². The van der Waals surface area contributed by atoms with E-state index in [1.807, 2.05) is 0 Å². The van der Waals surface area contributed by atoms with E-state index in [0.29, 0.717) is 26.4 Å². The summed E-state index contributed by atoms with van der Waals surface area (Å²) in [5, 5.41) is 15.7. The van der Waals surface area contributed by atoms with Gasteiger partial charge in [0.1, 0.15) is 23.0 Å². The summed E-state index contributed by atoms with van der Waals surface area (Å²) in [6, 6.07) is 112. The van der Waals surface area contributed by atoms with Crippen molar-refractivity contribution in [3.8, 4) is 23.0 Å². The maximum Gasteiger partial charge on any atom is 0.119 e. The van der Waals surface area contributed by atoms with Crippen molar-refractivity contribution < 1.29 is 51.9 Å². The number of benzene rings is 12. The van der Waals surface area contributed by atoms with Crippen LogP contribution in [0, 0.1) is 0 Å². The first kappa shape index (κ1) is 69.0. The quantitative estimate of drug-likeness (QED) is 0.0565. The van der Waals surface area contributed by atoms with Crippen molar-refractivity contribution in [2.24, 2.45) is 0 Å². The van der Waals surface area contributed by atoms with E-state index in [2.05, 4.69) is 315 Å². The van der Waals surface area contributed by atoms with Gasteiger partial charge >= 0.3 is 70.6 Å². The Bertz CT molecular complexity index is 3280. The number of halogens is 4. The third kappa shape index (κ3) is 21.9. The molecule has 0 N–H and O–H groups in total. The van der Waals surface area contributed by atoms with Crippen LogP contribution in [0.2, 0.25) is 0 Å². The molecule has 0 aromatic heterocycles. The van der Waals surface area contributed by atoms with E-state index in [9.17, 15) is 0 Å². The molecule has 0 atom stereocenters. The molecule has 90 heavy (non-hydrogen) atoms. The standard InChI is InChI=1S/2C38H34O2P2.4ClH.2Pt/c2*1-5-13-35(14-6-1)41(36-15-7-2-8-16-36)27-25-39-33-23-21-31-22-24-34(30-32(31)29-33)40-26-28-42(37-17-9-3-10-18-37)38-19-11-4-12-20-38;;;;;;/h2*1-24,29-30H,25-28H2;4*1H;;/q;;;;;;2*+2/p-4. The van der Waals surface area contributed by atoms with E-state index in [4.69, 9.17) is 56.6 Å². The van der Waals surface area contributed by atoms with Gasteiger partial charge in [-0.25, -0.2) is 0 Å². The average Bonchev–Trinajstić information content (AvgIpc) is 2.74. The van der Waals surface area contributed by atoms with Crippen molar-refractivity contribution in [3.05, 3.63) is 315 Å². The first-order valence-corrected chi connectivity index (χ1v) is 46.6. The second-order valence-electron chi connectivity index (χ2n) is 20.1. The van der Waals surface area contributed by atoms with Crippen molar-refractivity contribution in [3.63, 3.8) is 0 Å². The van der Waals surface area contributed by atoms with Gasteiger partial charge in [-0.2, -0.15) is 0 Å². The minimum Gasteiger partial charge on any atom is -0.493 e. The van der Waals surface area contributed by atoms with E-state index in [0.717, 1.165) is 58.4 Å². The summed E-state index contributed by atoms with van der Waals surface area (Å²) in [4.78, 5) is 0. The molecular formula is C76H68Cl4O4P4Pt2. The predicted octanol–water partition coefficient (Wildman–Crippen LogP) is 18.5. The molecule has 0 aliphatic carbocycles. The van der Waals surface area contributed by atoms with Gasteiger partial charge in [-0.15, -0.1) is 0 Å². The fourth-order valence-electron chi connectivity index (χ4n) is 10.3. The molecule has 0 fully saturated rings. The van der Waals surface area contributed by atoms with Crippen LogP contribution >= 0.6 is 69.4 Å². The van der Waals surface area contributed by atoms with Crippen molar-refractivity contribution in [2.45, 2.75) is 0 Å². The molecule has 4 nitrogen and oxygen atoms in total. The van der Waals surface area contributed by atoms with E-state index >= 15 is 0 Å². The molecule has 0 heterocycles. The van der Waals surface area contributed by atoms with Crippen LogP contribution in [0.25, 0.3) is 21.5 Å².